The van der Waals surface area contributed by atoms with Crippen molar-refractivity contribution in [3.8, 4) is 17.3 Å². The molecule has 0 radical (unpaired) electrons. The molecule has 0 N–H and O–H groups in total. The number of nitrogens with zero attached hydrogens (tertiary/aromatic N) is 8. The molecule has 0 aliphatic rings. The summed E-state index contributed by atoms with van der Waals surface area (Å²) in [5, 5.41) is 6.74. The van der Waals surface area contributed by atoms with Gasteiger partial charge in [0.25, 0.3) is 0 Å². The lowest BCUT2D eigenvalue weighted by Crippen LogP contribution is -2.11. The van der Waals surface area contributed by atoms with Crippen molar-refractivity contribution in [2.24, 2.45) is 0 Å². The zero-order chi connectivity index (χ0) is 58.1. The van der Waals surface area contributed by atoms with E-state index in [1.807, 2.05) is 0 Å². The second kappa shape index (κ2) is 21.0. The highest BCUT2D eigenvalue weighted by atomic mass is 15.2. The first-order valence-electron chi connectivity index (χ1n) is 29.8. The third-order valence-electron chi connectivity index (χ3n) is 17.1. The Morgan fingerprint density at radius 3 is 0.807 bits per heavy atom. The molecule has 4 aromatic heterocycles. The van der Waals surface area contributed by atoms with Crippen LogP contribution in [0.4, 0.5) is 51.2 Å². The van der Waals surface area contributed by atoms with Crippen LogP contribution in [0.5, 0.6) is 0 Å². The summed E-state index contributed by atoms with van der Waals surface area (Å²) in [5.41, 5.74) is 18.5. The molecule has 4 heterocycles. The molecule has 88 heavy (non-hydrogen) atoms. The maximum atomic E-state index is 5.94. The molecule has 0 unspecified atom stereocenters. The number of anilines is 9. The van der Waals surface area contributed by atoms with Gasteiger partial charge in [-0.15, -0.1) is 0 Å². The number of para-hydroxylation sites is 9. The summed E-state index contributed by atoms with van der Waals surface area (Å²) in [6.45, 7) is 0. The molecule has 17 rings (SSSR count). The third-order valence-corrected chi connectivity index (χ3v) is 17.1. The van der Waals surface area contributed by atoms with Gasteiger partial charge in [-0.25, -0.2) is 9.97 Å². The van der Waals surface area contributed by atoms with E-state index >= 15 is 0 Å². The molecule has 0 atom stereocenters. The Morgan fingerprint density at radius 2 is 0.466 bits per heavy atom. The average Bonchev–Trinajstić information content (AvgIpc) is 1.66. The maximum Gasteiger partial charge on any atom is 0.182 e. The highest BCUT2D eigenvalue weighted by molar-refractivity contribution is 6.14. The van der Waals surface area contributed by atoms with Gasteiger partial charge in [-0.1, -0.05) is 164 Å². The molecule has 8 nitrogen and oxygen atoms in total. The van der Waals surface area contributed by atoms with Gasteiger partial charge in [-0.2, -0.15) is 0 Å². The first kappa shape index (κ1) is 50.5. The topological polar surface area (TPSA) is 50.3 Å². The van der Waals surface area contributed by atoms with E-state index in [1.54, 1.807) is 0 Å². The van der Waals surface area contributed by atoms with Crippen molar-refractivity contribution >= 4 is 128 Å². The van der Waals surface area contributed by atoms with Crippen LogP contribution in [-0.2, 0) is 0 Å². The molecular weight excluding hydrogens is 1070 g/mol. The zero-order valence-corrected chi connectivity index (χ0v) is 47.8. The molecule has 0 bridgehead atoms. The summed E-state index contributed by atoms with van der Waals surface area (Å²) >= 11 is 0. The first-order chi connectivity index (χ1) is 43.7. The Kier molecular flexibility index (Phi) is 12.0. The van der Waals surface area contributed by atoms with Gasteiger partial charge in [0.15, 0.2) is 11.6 Å². The van der Waals surface area contributed by atoms with E-state index in [9.17, 15) is 0 Å². The van der Waals surface area contributed by atoms with Crippen molar-refractivity contribution in [3.63, 3.8) is 0 Å². The van der Waals surface area contributed by atoms with Gasteiger partial charge in [0.05, 0.1) is 44.1 Å². The molecular formula is C80H54N8. The normalized spacial score (nSPS) is 11.6. The van der Waals surface area contributed by atoms with Gasteiger partial charge >= 0.3 is 0 Å². The van der Waals surface area contributed by atoms with Gasteiger partial charge in [-0.05, 0) is 164 Å². The second-order valence-corrected chi connectivity index (χ2v) is 22.2. The van der Waals surface area contributed by atoms with E-state index in [0.29, 0.717) is 5.82 Å². The quantitative estimate of drug-likeness (QED) is 0.122. The molecule has 414 valence electrons. The zero-order valence-electron chi connectivity index (χ0n) is 47.8. The fourth-order valence-corrected chi connectivity index (χ4v) is 13.3. The third kappa shape index (κ3) is 8.37. The number of hydrogen-bond acceptors (Lipinski definition) is 5. The van der Waals surface area contributed by atoms with Gasteiger partial charge in [0.2, 0.25) is 0 Å². The van der Waals surface area contributed by atoms with Crippen molar-refractivity contribution in [1.29, 1.82) is 0 Å². The van der Waals surface area contributed by atoms with Crippen molar-refractivity contribution in [2.45, 2.75) is 0 Å². The molecule has 0 amide bonds. The van der Waals surface area contributed by atoms with Gasteiger partial charge < -0.3 is 19.3 Å². The number of hydrogen-bond donors (Lipinski definition) is 0. The Labute approximate surface area is 508 Å². The molecule has 17 aromatic rings. The van der Waals surface area contributed by atoms with E-state index in [0.717, 1.165) is 139 Å². The number of benzene rings is 13. The predicted molar refractivity (Wildman–Crippen MR) is 367 cm³/mol. The predicted octanol–water partition coefficient (Wildman–Crippen LogP) is 21.3. The van der Waals surface area contributed by atoms with Crippen LogP contribution in [0.1, 0.15) is 0 Å². The highest BCUT2D eigenvalue weighted by Gasteiger charge is 2.26. The van der Waals surface area contributed by atoms with Crippen molar-refractivity contribution in [1.82, 2.24) is 23.7 Å². The second-order valence-electron chi connectivity index (χ2n) is 22.2. The van der Waals surface area contributed by atoms with Crippen LogP contribution in [0.3, 0.4) is 0 Å². The minimum Gasteiger partial charge on any atom is -0.310 e. The van der Waals surface area contributed by atoms with E-state index in [1.165, 1.54) is 0 Å². The first-order valence-corrected chi connectivity index (χ1v) is 29.8. The Bertz CT molecular complexity index is 5330. The summed E-state index contributed by atoms with van der Waals surface area (Å²) in [7, 11) is 0. The number of aromatic nitrogens is 5. The highest BCUT2D eigenvalue weighted by Crippen LogP contribution is 2.45. The van der Waals surface area contributed by atoms with E-state index in [2.05, 4.69) is 356 Å². The monoisotopic (exact) mass is 1130 g/mol. The maximum absolute atomic E-state index is 5.94. The Balaban J connectivity index is 0.904. The minimum atomic E-state index is 0.710. The summed E-state index contributed by atoms with van der Waals surface area (Å²) in [5.74, 6) is 1.43. The van der Waals surface area contributed by atoms with Gasteiger partial charge in [0.1, 0.15) is 0 Å². The molecule has 0 fully saturated rings. The molecule has 0 aliphatic carbocycles. The van der Waals surface area contributed by atoms with Crippen LogP contribution in [0.2, 0.25) is 0 Å². The smallest absolute Gasteiger partial charge is 0.182 e. The molecule has 0 aliphatic heterocycles. The van der Waals surface area contributed by atoms with Crippen LogP contribution < -0.4 is 14.7 Å². The SMILES string of the molecule is c1ccc(N(c2ccccc2)c2ccc3c(c2)c2ccccc2n3-c2ccc3nc(-n4c5ccccc5c5cc(N(c6ccccc6)c6ccccc6)ccc54)c(-n4c5ccccc5c5cc(N(c6ccccc6)c6ccccc6)ccc54)nc3c2)cc1. The summed E-state index contributed by atoms with van der Waals surface area (Å²) in [6, 6.07) is 117. The van der Waals surface area contributed by atoms with Gasteiger partial charge in [-0.3, -0.25) is 9.13 Å². The standard InChI is InChI=1S/C80H54N8/c1-7-25-55(26-8-1)83(56-27-9-2-10-28-56)61-44-48-76-68(51-61)65-37-19-22-40-73(65)86(76)64-43-47-71-72(54-64)82-80(88-75-42-24-21-39-67(75)70-53-63(46-50-78(70)88)85(59-33-15-5-16-34-59)60-35-17-6-18-36-60)79(81-71)87-74-41-23-20-38-66(74)69-52-62(45-49-77(69)87)84(57-29-11-3-12-30-57)58-31-13-4-14-32-58/h1-54H. The lowest BCUT2D eigenvalue weighted by molar-refractivity contribution is 0.994. The summed E-state index contributed by atoms with van der Waals surface area (Å²) in [6.07, 6.45) is 0. The van der Waals surface area contributed by atoms with Crippen LogP contribution in [0.15, 0.2) is 328 Å². The molecule has 0 saturated heterocycles. The summed E-state index contributed by atoms with van der Waals surface area (Å²) in [4.78, 5) is 18.8. The van der Waals surface area contributed by atoms with Crippen LogP contribution in [0, 0.1) is 0 Å². The van der Waals surface area contributed by atoms with E-state index in [-0.39, 0.29) is 0 Å². The van der Waals surface area contributed by atoms with Crippen molar-refractivity contribution in [3.05, 3.63) is 328 Å². The molecule has 0 saturated carbocycles. The lowest BCUT2D eigenvalue weighted by atomic mass is 10.1. The van der Waals surface area contributed by atoms with Crippen molar-refractivity contribution in [2.75, 3.05) is 14.7 Å². The van der Waals surface area contributed by atoms with Gasteiger partial charge in [0, 0.05) is 89.2 Å². The largest absolute Gasteiger partial charge is 0.310 e. The summed E-state index contributed by atoms with van der Waals surface area (Å²) < 4.78 is 7.05. The fourth-order valence-electron chi connectivity index (χ4n) is 13.3. The number of rotatable bonds is 12. The lowest BCUT2D eigenvalue weighted by Gasteiger charge is -2.25. The average molecular weight is 1130 g/mol. The Hall–Kier alpha value is -12.0. The molecule has 13 aromatic carbocycles. The van der Waals surface area contributed by atoms with Crippen LogP contribution in [-0.4, -0.2) is 23.7 Å². The van der Waals surface area contributed by atoms with E-state index in [4.69, 9.17) is 9.97 Å². The van der Waals surface area contributed by atoms with E-state index < -0.39 is 0 Å². The molecule has 8 heteroatoms. The molecule has 0 spiro atoms. The van der Waals surface area contributed by atoms with Crippen LogP contribution >= 0.6 is 0 Å². The fraction of sp³-hybridized carbons (Fsp3) is 0. The van der Waals surface area contributed by atoms with Crippen molar-refractivity contribution < 1.29 is 0 Å². The number of fused-ring (bicyclic) bond motifs is 10. The Morgan fingerprint density at radius 1 is 0.193 bits per heavy atom. The van der Waals surface area contributed by atoms with Crippen LogP contribution in [0.25, 0.3) is 93.8 Å². The minimum absolute atomic E-state index is 0.710.